The van der Waals surface area contributed by atoms with Crippen molar-refractivity contribution < 1.29 is 14.3 Å². The maximum atomic E-state index is 11.9. The summed E-state index contributed by atoms with van der Waals surface area (Å²) < 4.78 is 15.9. The van der Waals surface area contributed by atoms with Crippen LogP contribution in [-0.4, -0.2) is 37.6 Å². The van der Waals surface area contributed by atoms with Crippen molar-refractivity contribution in [3.05, 3.63) is 66.0 Å². The molecular formula is C29H36N4O3. The molecule has 0 aliphatic heterocycles. The second kappa shape index (κ2) is 9.90. The van der Waals surface area contributed by atoms with Gasteiger partial charge in [0.15, 0.2) is 5.78 Å². The Hall–Kier alpha value is -3.45. The summed E-state index contributed by atoms with van der Waals surface area (Å²) in [5, 5.41) is 10.4. The van der Waals surface area contributed by atoms with Gasteiger partial charge in [0.05, 0.1) is 42.9 Å². The molecule has 2 heterocycles. The van der Waals surface area contributed by atoms with Gasteiger partial charge in [-0.1, -0.05) is 51.1 Å². The zero-order chi connectivity index (χ0) is 26.1. The van der Waals surface area contributed by atoms with Gasteiger partial charge in [-0.05, 0) is 49.9 Å². The number of benzene rings is 2. The molecule has 0 saturated carbocycles. The molecule has 4 rings (SSSR count). The van der Waals surface area contributed by atoms with E-state index in [4.69, 9.17) is 14.6 Å². The van der Waals surface area contributed by atoms with Crippen molar-refractivity contribution in [1.29, 1.82) is 0 Å². The van der Waals surface area contributed by atoms with E-state index in [9.17, 15) is 4.79 Å². The molecule has 0 amide bonds. The fourth-order valence-corrected chi connectivity index (χ4v) is 3.90. The van der Waals surface area contributed by atoms with Crippen LogP contribution in [0.25, 0.3) is 22.2 Å². The number of aryl methyl sites for hydroxylation is 1. The van der Waals surface area contributed by atoms with E-state index in [1.165, 1.54) is 0 Å². The Morgan fingerprint density at radius 2 is 1.78 bits per heavy atom. The highest BCUT2D eigenvalue weighted by molar-refractivity contribution is 5.84. The van der Waals surface area contributed by atoms with E-state index in [0.717, 1.165) is 39.2 Å². The van der Waals surface area contributed by atoms with Crippen molar-refractivity contribution in [2.75, 3.05) is 6.61 Å². The lowest BCUT2D eigenvalue weighted by Crippen LogP contribution is -2.32. The SMILES string of the molecule is CC(=O)C(C)(C)OCc1cc(-c2cccc(OCC(C)(C)C)c2)n(Cc2cccc3cnn(C)c23)n1. The first-order valence-electron chi connectivity index (χ1n) is 12.3. The Labute approximate surface area is 213 Å². The summed E-state index contributed by atoms with van der Waals surface area (Å²) in [6.45, 7) is 13.0. The molecule has 0 aliphatic carbocycles. The van der Waals surface area contributed by atoms with Crippen LogP contribution in [0.2, 0.25) is 0 Å². The topological polar surface area (TPSA) is 71.2 Å². The zero-order valence-electron chi connectivity index (χ0n) is 22.3. The summed E-state index contributed by atoms with van der Waals surface area (Å²) in [7, 11) is 1.95. The van der Waals surface area contributed by atoms with Crippen molar-refractivity contribution in [2.45, 2.75) is 60.3 Å². The van der Waals surface area contributed by atoms with E-state index >= 15 is 0 Å². The third-order valence-corrected chi connectivity index (χ3v) is 6.23. The van der Waals surface area contributed by atoms with Crippen molar-refractivity contribution in [2.24, 2.45) is 12.5 Å². The van der Waals surface area contributed by atoms with Crippen molar-refractivity contribution in [3.8, 4) is 17.0 Å². The van der Waals surface area contributed by atoms with Gasteiger partial charge >= 0.3 is 0 Å². The summed E-state index contributed by atoms with van der Waals surface area (Å²) in [6.07, 6.45) is 1.88. The average Bonchev–Trinajstić information content (AvgIpc) is 3.40. The number of hydrogen-bond donors (Lipinski definition) is 0. The molecular weight excluding hydrogens is 452 g/mol. The lowest BCUT2D eigenvalue weighted by Gasteiger charge is -2.21. The van der Waals surface area contributed by atoms with Crippen molar-refractivity contribution in [1.82, 2.24) is 19.6 Å². The zero-order valence-corrected chi connectivity index (χ0v) is 22.3. The highest BCUT2D eigenvalue weighted by atomic mass is 16.5. The minimum Gasteiger partial charge on any atom is -0.493 e. The molecule has 7 nitrogen and oxygen atoms in total. The predicted octanol–water partition coefficient (Wildman–Crippen LogP) is 5.79. The molecule has 4 aromatic rings. The maximum Gasteiger partial charge on any atom is 0.161 e. The number of aromatic nitrogens is 4. The van der Waals surface area contributed by atoms with Crippen LogP contribution < -0.4 is 4.74 Å². The molecule has 2 aromatic heterocycles. The Bertz CT molecular complexity index is 1370. The Morgan fingerprint density at radius 1 is 1.03 bits per heavy atom. The molecule has 0 fully saturated rings. The number of Topliss-reactive ketones (excluding diaryl/α,β-unsaturated/α-hetero) is 1. The first-order chi connectivity index (χ1) is 16.9. The molecule has 0 radical (unpaired) electrons. The van der Waals surface area contributed by atoms with Gasteiger partial charge in [-0.15, -0.1) is 0 Å². The maximum absolute atomic E-state index is 11.9. The lowest BCUT2D eigenvalue weighted by molar-refractivity contribution is -0.139. The molecule has 0 N–H and O–H groups in total. The van der Waals surface area contributed by atoms with Crippen LogP contribution >= 0.6 is 0 Å². The quantitative estimate of drug-likeness (QED) is 0.298. The third-order valence-electron chi connectivity index (χ3n) is 6.23. The van der Waals surface area contributed by atoms with E-state index in [1.807, 2.05) is 52.9 Å². The number of para-hydroxylation sites is 1. The van der Waals surface area contributed by atoms with Gasteiger partial charge in [-0.3, -0.25) is 14.2 Å². The minimum atomic E-state index is -0.870. The Balaban J connectivity index is 1.71. The molecule has 2 aromatic carbocycles. The highest BCUT2D eigenvalue weighted by Gasteiger charge is 2.25. The molecule has 0 atom stereocenters. The van der Waals surface area contributed by atoms with Crippen LogP contribution in [0.3, 0.4) is 0 Å². The largest absolute Gasteiger partial charge is 0.493 e. The standard InChI is InChI=1S/C29H36N4O3/c1-20(34)29(5,6)36-18-24-15-26(21-10-9-13-25(14-21)35-19-28(2,3)4)33(31-24)17-23-12-8-11-22-16-30-32(7)27(22)23/h8-16H,17-19H2,1-7H3. The molecule has 0 bridgehead atoms. The lowest BCUT2D eigenvalue weighted by atomic mass is 9.99. The molecule has 36 heavy (non-hydrogen) atoms. The van der Waals surface area contributed by atoms with Crippen LogP contribution in [0.1, 0.15) is 52.8 Å². The van der Waals surface area contributed by atoms with Crippen LogP contribution in [0.4, 0.5) is 0 Å². The monoisotopic (exact) mass is 488 g/mol. The van der Waals surface area contributed by atoms with E-state index in [-0.39, 0.29) is 17.8 Å². The van der Waals surface area contributed by atoms with Gasteiger partial charge in [0, 0.05) is 18.0 Å². The second-order valence-corrected chi connectivity index (χ2v) is 11.0. The number of fused-ring (bicyclic) bond motifs is 1. The first kappa shape index (κ1) is 25.6. The smallest absolute Gasteiger partial charge is 0.161 e. The summed E-state index contributed by atoms with van der Waals surface area (Å²) in [4.78, 5) is 11.9. The van der Waals surface area contributed by atoms with Gasteiger partial charge in [0.25, 0.3) is 0 Å². The van der Waals surface area contributed by atoms with Crippen molar-refractivity contribution in [3.63, 3.8) is 0 Å². The van der Waals surface area contributed by atoms with Crippen LogP contribution in [0.5, 0.6) is 5.75 Å². The number of ketones is 1. The van der Waals surface area contributed by atoms with Gasteiger partial charge in [-0.2, -0.15) is 10.2 Å². The Morgan fingerprint density at radius 3 is 2.50 bits per heavy atom. The van der Waals surface area contributed by atoms with E-state index in [0.29, 0.717) is 13.2 Å². The second-order valence-electron chi connectivity index (χ2n) is 11.0. The number of rotatable bonds is 9. The highest BCUT2D eigenvalue weighted by Crippen LogP contribution is 2.28. The Kier molecular flexibility index (Phi) is 7.05. The van der Waals surface area contributed by atoms with E-state index in [2.05, 4.69) is 44.1 Å². The number of hydrogen-bond acceptors (Lipinski definition) is 5. The first-order valence-corrected chi connectivity index (χ1v) is 12.3. The molecule has 0 unspecified atom stereocenters. The van der Waals surface area contributed by atoms with Gasteiger partial charge in [-0.25, -0.2) is 0 Å². The number of ether oxygens (including phenoxy) is 2. The van der Waals surface area contributed by atoms with Crippen LogP contribution in [-0.2, 0) is 29.7 Å². The fourth-order valence-electron chi connectivity index (χ4n) is 3.90. The summed E-state index contributed by atoms with van der Waals surface area (Å²) in [5.74, 6) is 0.799. The summed E-state index contributed by atoms with van der Waals surface area (Å²) in [5.41, 5.74) is 4.11. The van der Waals surface area contributed by atoms with E-state index < -0.39 is 5.60 Å². The van der Waals surface area contributed by atoms with Gasteiger partial charge in [0.2, 0.25) is 0 Å². The average molecular weight is 489 g/mol. The van der Waals surface area contributed by atoms with Gasteiger partial charge < -0.3 is 9.47 Å². The van der Waals surface area contributed by atoms with Crippen molar-refractivity contribution >= 4 is 16.7 Å². The molecule has 0 saturated heterocycles. The third kappa shape index (κ3) is 5.85. The number of carbonyl (C=O) groups is 1. The number of nitrogens with zero attached hydrogens (tertiary/aromatic N) is 4. The fraction of sp³-hybridized carbons (Fsp3) is 0.414. The minimum absolute atomic E-state index is 0.0197. The normalized spacial score (nSPS) is 12.3. The molecule has 7 heteroatoms. The summed E-state index contributed by atoms with van der Waals surface area (Å²) >= 11 is 0. The summed E-state index contributed by atoms with van der Waals surface area (Å²) in [6, 6.07) is 16.3. The molecule has 190 valence electrons. The van der Waals surface area contributed by atoms with Crippen LogP contribution in [0, 0.1) is 5.41 Å². The van der Waals surface area contributed by atoms with E-state index in [1.54, 1.807) is 20.8 Å². The molecule has 0 aliphatic rings. The van der Waals surface area contributed by atoms with Crippen LogP contribution in [0.15, 0.2) is 54.7 Å². The molecule has 0 spiro atoms. The predicted molar refractivity (Wildman–Crippen MR) is 142 cm³/mol. The number of carbonyl (C=O) groups excluding carboxylic acids is 1. The van der Waals surface area contributed by atoms with Gasteiger partial charge in [0.1, 0.15) is 11.4 Å².